The van der Waals surface area contributed by atoms with Gasteiger partial charge in [0.15, 0.2) is 0 Å². The van der Waals surface area contributed by atoms with Crippen LogP contribution in [0.15, 0.2) is 42.5 Å². The quantitative estimate of drug-likeness (QED) is 0.751. The van der Waals surface area contributed by atoms with E-state index in [9.17, 15) is 18.0 Å². The summed E-state index contributed by atoms with van der Waals surface area (Å²) in [5.74, 6) is 0.338. The Kier molecular flexibility index (Phi) is 6.12. The molecule has 2 aliphatic rings. The van der Waals surface area contributed by atoms with E-state index in [4.69, 9.17) is 4.74 Å². The Morgan fingerprint density at radius 3 is 2.77 bits per heavy atom. The number of para-hydroxylation sites is 1. The fourth-order valence-electron chi connectivity index (χ4n) is 4.88. The summed E-state index contributed by atoms with van der Waals surface area (Å²) in [5.41, 5.74) is 1.80. The van der Waals surface area contributed by atoms with E-state index in [-0.39, 0.29) is 17.9 Å². The molecule has 4 rings (SSSR count). The van der Waals surface area contributed by atoms with E-state index in [1.54, 1.807) is 13.2 Å². The first kappa shape index (κ1) is 21.5. The number of alkyl halides is 3. The molecule has 7 heteroatoms. The number of benzene rings is 2. The van der Waals surface area contributed by atoms with Crippen LogP contribution < -0.4 is 15.0 Å². The summed E-state index contributed by atoms with van der Waals surface area (Å²) in [5, 5.41) is 3.02. The first-order valence-corrected chi connectivity index (χ1v) is 10.7. The van der Waals surface area contributed by atoms with Gasteiger partial charge in [-0.15, -0.1) is 0 Å². The van der Waals surface area contributed by atoms with Gasteiger partial charge in [-0.2, -0.15) is 13.2 Å². The molecule has 1 saturated heterocycles. The number of halogens is 3. The van der Waals surface area contributed by atoms with Crippen LogP contribution in [0.4, 0.5) is 18.9 Å². The number of ether oxygens (including phenoxy) is 1. The fraction of sp³-hybridized carbons (Fsp3) is 0.458. The lowest BCUT2D eigenvalue weighted by Gasteiger charge is -2.46. The molecule has 0 saturated carbocycles. The van der Waals surface area contributed by atoms with Crippen molar-refractivity contribution in [2.45, 2.75) is 44.3 Å². The van der Waals surface area contributed by atoms with Crippen LogP contribution in [0, 0.1) is 5.92 Å². The molecule has 0 aromatic heterocycles. The average Bonchev–Trinajstić information content (AvgIpc) is 2.77. The Balaban J connectivity index is 1.50. The highest BCUT2D eigenvalue weighted by molar-refractivity contribution is 5.82. The number of methoxy groups -OCH3 is 1. The third-order valence-electron chi connectivity index (χ3n) is 6.39. The molecule has 1 N–H and O–H groups in total. The number of amides is 1. The normalized spacial score (nSPS) is 20.6. The summed E-state index contributed by atoms with van der Waals surface area (Å²) in [6, 6.07) is 11.6. The highest BCUT2D eigenvalue weighted by Gasteiger charge is 2.40. The predicted molar refractivity (Wildman–Crippen MR) is 113 cm³/mol. The number of nitrogens with one attached hydrogen (secondary N) is 1. The van der Waals surface area contributed by atoms with Crippen LogP contribution in [0.5, 0.6) is 5.75 Å². The minimum Gasteiger partial charge on any atom is -0.496 e. The van der Waals surface area contributed by atoms with Gasteiger partial charge >= 0.3 is 6.18 Å². The molecule has 0 aliphatic carbocycles. The van der Waals surface area contributed by atoms with Gasteiger partial charge in [0.05, 0.1) is 18.6 Å². The van der Waals surface area contributed by atoms with Gasteiger partial charge in [0.25, 0.3) is 0 Å². The Hall–Kier alpha value is -2.70. The number of hydrogen-bond acceptors (Lipinski definition) is 3. The lowest BCUT2D eigenvalue weighted by atomic mass is 9.80. The Morgan fingerprint density at radius 2 is 2.00 bits per heavy atom. The second-order valence-corrected chi connectivity index (χ2v) is 8.26. The highest BCUT2D eigenvalue weighted by Crippen LogP contribution is 2.41. The topological polar surface area (TPSA) is 41.6 Å². The molecular weight excluding hydrogens is 405 g/mol. The van der Waals surface area contributed by atoms with Gasteiger partial charge in [-0.25, -0.2) is 0 Å². The molecule has 2 aromatic carbocycles. The van der Waals surface area contributed by atoms with Crippen molar-refractivity contribution in [3.8, 4) is 5.75 Å². The van der Waals surface area contributed by atoms with Crippen LogP contribution in [0.3, 0.4) is 0 Å². The fourth-order valence-corrected chi connectivity index (χ4v) is 4.88. The third-order valence-corrected chi connectivity index (χ3v) is 6.39. The zero-order chi connectivity index (χ0) is 22.0. The van der Waals surface area contributed by atoms with Crippen LogP contribution in [0.25, 0.3) is 0 Å². The van der Waals surface area contributed by atoms with E-state index in [0.717, 1.165) is 48.9 Å². The molecule has 2 aromatic rings. The van der Waals surface area contributed by atoms with Gasteiger partial charge in [-0.05, 0) is 67.5 Å². The van der Waals surface area contributed by atoms with Crippen molar-refractivity contribution in [2.24, 2.45) is 5.92 Å². The Morgan fingerprint density at radius 1 is 1.19 bits per heavy atom. The van der Waals surface area contributed by atoms with Crippen molar-refractivity contribution >= 4 is 11.6 Å². The summed E-state index contributed by atoms with van der Waals surface area (Å²) in [6.07, 6.45) is -0.529. The monoisotopic (exact) mass is 432 g/mol. The minimum absolute atomic E-state index is 0.0317. The molecule has 2 aliphatic heterocycles. The Labute approximate surface area is 180 Å². The van der Waals surface area contributed by atoms with Crippen LogP contribution in [0.1, 0.15) is 36.0 Å². The Bertz CT molecular complexity index is 945. The van der Waals surface area contributed by atoms with Gasteiger partial charge in [-0.3, -0.25) is 4.79 Å². The number of anilines is 1. The summed E-state index contributed by atoms with van der Waals surface area (Å²) in [4.78, 5) is 15.2. The first-order chi connectivity index (χ1) is 14.9. The molecule has 1 amide bonds. The van der Waals surface area contributed by atoms with E-state index < -0.39 is 11.7 Å². The van der Waals surface area contributed by atoms with Crippen molar-refractivity contribution < 1.29 is 22.7 Å². The van der Waals surface area contributed by atoms with Crippen molar-refractivity contribution in [3.63, 3.8) is 0 Å². The maximum absolute atomic E-state index is 13.2. The smallest absolute Gasteiger partial charge is 0.416 e. The predicted octanol–water partition coefficient (Wildman–Crippen LogP) is 4.60. The molecule has 4 nitrogen and oxygen atoms in total. The SMILES string of the molecule is COc1ccccc1CCNC(=O)[C@@H]1Cc2cc(C(F)(F)F)ccc2N2CCCC[C@@H]12. The average molecular weight is 432 g/mol. The lowest BCUT2D eigenvalue weighted by molar-refractivity contribution is -0.137. The van der Waals surface area contributed by atoms with Crippen molar-refractivity contribution in [3.05, 3.63) is 59.2 Å². The summed E-state index contributed by atoms with van der Waals surface area (Å²) >= 11 is 0. The third kappa shape index (κ3) is 4.50. The number of fused-ring (bicyclic) bond motifs is 3. The minimum atomic E-state index is -4.39. The molecule has 0 bridgehead atoms. The van der Waals surface area contributed by atoms with Crippen LogP contribution in [-0.2, 0) is 23.8 Å². The van der Waals surface area contributed by atoms with E-state index in [2.05, 4.69) is 10.2 Å². The highest BCUT2D eigenvalue weighted by atomic mass is 19.4. The standard InChI is InChI=1S/C24H27F3N2O2/c1-31-22-8-3-2-6-16(22)11-12-28-23(30)19-15-17-14-18(24(25,26)27)9-10-20(17)29-13-5-4-7-21(19)29/h2-3,6,8-10,14,19,21H,4-5,7,11-13,15H2,1H3,(H,28,30)/t19-,21+/m1/s1. The van der Waals surface area contributed by atoms with E-state index >= 15 is 0 Å². The number of carbonyl (C=O) groups is 1. The molecule has 0 unspecified atom stereocenters. The maximum atomic E-state index is 13.2. The van der Waals surface area contributed by atoms with E-state index in [1.807, 2.05) is 24.3 Å². The van der Waals surface area contributed by atoms with Crippen molar-refractivity contribution in [1.82, 2.24) is 5.32 Å². The van der Waals surface area contributed by atoms with Crippen molar-refractivity contribution in [1.29, 1.82) is 0 Å². The van der Waals surface area contributed by atoms with Gasteiger partial charge in [0.1, 0.15) is 5.75 Å². The number of piperidine rings is 1. The molecule has 31 heavy (non-hydrogen) atoms. The molecule has 0 spiro atoms. The summed E-state index contributed by atoms with van der Waals surface area (Å²) in [7, 11) is 1.61. The van der Waals surface area contributed by atoms with E-state index in [0.29, 0.717) is 24.9 Å². The number of nitrogens with zero attached hydrogens (tertiary/aromatic N) is 1. The van der Waals surface area contributed by atoms with Crippen LogP contribution >= 0.6 is 0 Å². The van der Waals surface area contributed by atoms with E-state index in [1.165, 1.54) is 6.07 Å². The van der Waals surface area contributed by atoms with Gasteiger partial charge in [0.2, 0.25) is 5.91 Å². The van der Waals surface area contributed by atoms with Crippen LogP contribution in [0.2, 0.25) is 0 Å². The lowest BCUT2D eigenvalue weighted by Crippen LogP contribution is -2.53. The molecular formula is C24H27F3N2O2. The summed E-state index contributed by atoms with van der Waals surface area (Å²) < 4.78 is 45.1. The number of carbonyl (C=O) groups excluding carboxylic acids is 1. The second-order valence-electron chi connectivity index (χ2n) is 8.26. The zero-order valence-electron chi connectivity index (χ0n) is 17.5. The largest absolute Gasteiger partial charge is 0.496 e. The first-order valence-electron chi connectivity index (χ1n) is 10.7. The van der Waals surface area contributed by atoms with Gasteiger partial charge in [-0.1, -0.05) is 18.2 Å². The molecule has 0 radical (unpaired) electrons. The van der Waals surface area contributed by atoms with Crippen LogP contribution in [-0.4, -0.2) is 32.1 Å². The molecule has 1 fully saturated rings. The molecule has 166 valence electrons. The summed E-state index contributed by atoms with van der Waals surface area (Å²) in [6.45, 7) is 1.23. The molecule has 2 atom stereocenters. The number of hydrogen-bond donors (Lipinski definition) is 1. The molecule has 2 heterocycles. The van der Waals surface area contributed by atoms with Gasteiger partial charge < -0.3 is 15.0 Å². The van der Waals surface area contributed by atoms with Crippen molar-refractivity contribution in [2.75, 3.05) is 25.1 Å². The maximum Gasteiger partial charge on any atom is 0.416 e. The number of rotatable bonds is 5. The second kappa shape index (κ2) is 8.81. The van der Waals surface area contributed by atoms with Gasteiger partial charge in [0, 0.05) is 24.8 Å². The zero-order valence-corrected chi connectivity index (χ0v) is 17.5.